The van der Waals surface area contributed by atoms with Crippen LogP contribution in [0.5, 0.6) is 0 Å². The molecule has 1 aromatic heterocycles. The highest BCUT2D eigenvalue weighted by Gasteiger charge is 2.18. The Bertz CT molecular complexity index is 643. The fourth-order valence-electron chi connectivity index (χ4n) is 1.99. The lowest BCUT2D eigenvalue weighted by molar-refractivity contribution is 0.103. The molecule has 21 heavy (non-hydrogen) atoms. The maximum Gasteiger partial charge on any atom is 0.269 e. The van der Waals surface area contributed by atoms with Crippen LogP contribution in [0, 0.1) is 13.8 Å². The average molecular weight is 304 g/mol. The van der Waals surface area contributed by atoms with E-state index in [0.29, 0.717) is 10.0 Å². The van der Waals surface area contributed by atoms with Crippen molar-refractivity contribution in [2.24, 2.45) is 0 Å². The summed E-state index contributed by atoms with van der Waals surface area (Å²) >= 11 is 1.27. The van der Waals surface area contributed by atoms with Gasteiger partial charge in [-0.1, -0.05) is 29.5 Å². The molecule has 0 aliphatic carbocycles. The monoisotopic (exact) mass is 304 g/mol. The number of para-hydroxylation sites is 1. The minimum atomic E-state index is -0.223. The quantitative estimate of drug-likeness (QED) is 0.808. The van der Waals surface area contributed by atoms with Gasteiger partial charge < -0.3 is 16.4 Å². The summed E-state index contributed by atoms with van der Waals surface area (Å²) in [6, 6.07) is 6.13. The van der Waals surface area contributed by atoms with Crippen molar-refractivity contribution in [3.8, 4) is 0 Å². The molecule has 2 rings (SSSR count). The fourth-order valence-corrected chi connectivity index (χ4v) is 2.91. The molecule has 2 aromatic rings. The molecule has 4 N–H and O–H groups in total. The van der Waals surface area contributed by atoms with Gasteiger partial charge in [0.15, 0.2) is 5.13 Å². The molecule has 0 spiro atoms. The van der Waals surface area contributed by atoms with Gasteiger partial charge in [-0.2, -0.15) is 0 Å². The summed E-state index contributed by atoms with van der Waals surface area (Å²) in [6.07, 6.45) is 0. The second-order valence-corrected chi connectivity index (χ2v) is 6.25. The summed E-state index contributed by atoms with van der Waals surface area (Å²) < 4.78 is 0. The zero-order valence-electron chi connectivity index (χ0n) is 12.7. The van der Waals surface area contributed by atoms with E-state index in [1.165, 1.54) is 11.3 Å². The van der Waals surface area contributed by atoms with Crippen LogP contribution in [0.3, 0.4) is 0 Å². The number of hydrogen-bond acceptors (Lipinski definition) is 5. The van der Waals surface area contributed by atoms with Crippen molar-refractivity contribution in [1.29, 1.82) is 0 Å². The van der Waals surface area contributed by atoms with Crippen molar-refractivity contribution in [3.05, 3.63) is 34.2 Å². The number of nitrogen functional groups attached to an aromatic ring is 1. The van der Waals surface area contributed by atoms with E-state index in [9.17, 15) is 4.79 Å². The molecule has 6 heteroatoms. The first-order valence-corrected chi connectivity index (χ1v) is 7.60. The van der Waals surface area contributed by atoms with E-state index in [1.807, 2.05) is 45.9 Å². The maximum atomic E-state index is 12.4. The molecule has 0 aliphatic heterocycles. The van der Waals surface area contributed by atoms with Crippen LogP contribution in [0.1, 0.15) is 34.6 Å². The Morgan fingerprint density at radius 2 is 1.90 bits per heavy atom. The molecule has 0 fully saturated rings. The summed E-state index contributed by atoms with van der Waals surface area (Å²) in [6.45, 7) is 7.94. The lowest BCUT2D eigenvalue weighted by Gasteiger charge is -2.10. The van der Waals surface area contributed by atoms with Crippen molar-refractivity contribution < 1.29 is 4.79 Å². The molecule has 0 aliphatic rings. The van der Waals surface area contributed by atoms with Crippen LogP contribution >= 0.6 is 11.3 Å². The number of thiazole rings is 1. The van der Waals surface area contributed by atoms with Crippen molar-refractivity contribution in [3.63, 3.8) is 0 Å². The lowest BCUT2D eigenvalue weighted by atomic mass is 10.1. The zero-order chi connectivity index (χ0) is 15.6. The molecule has 5 nitrogen and oxygen atoms in total. The Morgan fingerprint density at radius 3 is 2.48 bits per heavy atom. The van der Waals surface area contributed by atoms with E-state index in [0.717, 1.165) is 16.8 Å². The number of amides is 1. The lowest BCUT2D eigenvalue weighted by Crippen LogP contribution is -2.14. The Hall–Kier alpha value is -2.08. The van der Waals surface area contributed by atoms with Gasteiger partial charge in [0.1, 0.15) is 10.7 Å². The molecule has 1 aromatic carbocycles. The molecule has 1 amide bonds. The highest BCUT2D eigenvalue weighted by atomic mass is 32.1. The van der Waals surface area contributed by atoms with Crippen LogP contribution in [0.15, 0.2) is 18.2 Å². The Labute approximate surface area is 128 Å². The third kappa shape index (κ3) is 3.52. The Kier molecular flexibility index (Phi) is 4.47. The topological polar surface area (TPSA) is 80.0 Å². The van der Waals surface area contributed by atoms with E-state index in [2.05, 4.69) is 15.6 Å². The number of carbonyl (C=O) groups excluding carboxylic acids is 1. The van der Waals surface area contributed by atoms with Gasteiger partial charge in [0.2, 0.25) is 0 Å². The van der Waals surface area contributed by atoms with Gasteiger partial charge >= 0.3 is 0 Å². The van der Waals surface area contributed by atoms with Crippen molar-refractivity contribution in [2.75, 3.05) is 16.4 Å². The number of aryl methyl sites for hydroxylation is 2. The number of hydrogen-bond donors (Lipinski definition) is 3. The third-order valence-electron chi connectivity index (χ3n) is 2.99. The zero-order valence-corrected chi connectivity index (χ0v) is 13.5. The van der Waals surface area contributed by atoms with Crippen molar-refractivity contribution in [2.45, 2.75) is 33.7 Å². The van der Waals surface area contributed by atoms with Crippen LogP contribution in [-0.4, -0.2) is 16.9 Å². The number of benzene rings is 1. The third-order valence-corrected chi connectivity index (χ3v) is 3.99. The number of rotatable bonds is 4. The van der Waals surface area contributed by atoms with Gasteiger partial charge in [-0.15, -0.1) is 0 Å². The van der Waals surface area contributed by atoms with Gasteiger partial charge in [-0.25, -0.2) is 4.98 Å². The van der Waals surface area contributed by atoms with Gasteiger partial charge in [-0.3, -0.25) is 4.79 Å². The van der Waals surface area contributed by atoms with Crippen LogP contribution in [0.4, 0.5) is 16.6 Å². The highest BCUT2D eigenvalue weighted by molar-refractivity contribution is 7.18. The molecular weight excluding hydrogens is 284 g/mol. The van der Waals surface area contributed by atoms with Gasteiger partial charge in [0.25, 0.3) is 5.91 Å². The molecule has 0 radical (unpaired) electrons. The predicted octanol–water partition coefficient (Wildman–Crippen LogP) is 3.41. The highest BCUT2D eigenvalue weighted by Crippen LogP contribution is 2.27. The van der Waals surface area contributed by atoms with E-state index >= 15 is 0 Å². The van der Waals surface area contributed by atoms with E-state index < -0.39 is 0 Å². The van der Waals surface area contributed by atoms with Crippen LogP contribution < -0.4 is 16.4 Å². The SMILES string of the molecule is Cc1cccc(C)c1NC(=O)c1sc(NC(C)C)nc1N. The second-order valence-electron chi connectivity index (χ2n) is 5.25. The predicted molar refractivity (Wildman–Crippen MR) is 89.2 cm³/mol. The minimum Gasteiger partial charge on any atom is -0.382 e. The first-order valence-electron chi connectivity index (χ1n) is 6.79. The molecule has 0 saturated carbocycles. The number of nitrogens with one attached hydrogen (secondary N) is 2. The number of carbonyl (C=O) groups is 1. The number of nitrogens with zero attached hydrogens (tertiary/aromatic N) is 1. The first-order chi connectivity index (χ1) is 9.88. The van der Waals surface area contributed by atoms with E-state index in [1.54, 1.807) is 0 Å². The molecule has 112 valence electrons. The second kappa shape index (κ2) is 6.13. The largest absolute Gasteiger partial charge is 0.382 e. The van der Waals surface area contributed by atoms with Gasteiger partial charge in [0, 0.05) is 11.7 Å². The average Bonchev–Trinajstić information content (AvgIpc) is 2.74. The molecule has 0 bridgehead atoms. The summed E-state index contributed by atoms with van der Waals surface area (Å²) in [5.41, 5.74) is 8.71. The molecule has 0 unspecified atom stereocenters. The summed E-state index contributed by atoms with van der Waals surface area (Å²) in [4.78, 5) is 17.0. The smallest absolute Gasteiger partial charge is 0.269 e. The van der Waals surface area contributed by atoms with Crippen molar-refractivity contribution >= 4 is 33.9 Å². The molecular formula is C15H20N4OS. The Balaban J connectivity index is 2.23. The molecule has 0 saturated heterocycles. The summed E-state index contributed by atoms with van der Waals surface area (Å²) in [5.74, 6) is 0.0334. The first kappa shape index (κ1) is 15.3. The molecule has 1 heterocycles. The van der Waals surface area contributed by atoms with Crippen LogP contribution in [0.25, 0.3) is 0 Å². The summed E-state index contributed by atoms with van der Waals surface area (Å²) in [7, 11) is 0. The molecule has 0 atom stereocenters. The van der Waals surface area contributed by atoms with Crippen molar-refractivity contribution in [1.82, 2.24) is 4.98 Å². The van der Waals surface area contributed by atoms with Gasteiger partial charge in [0.05, 0.1) is 0 Å². The maximum absolute atomic E-state index is 12.4. The van der Waals surface area contributed by atoms with E-state index in [4.69, 9.17) is 5.73 Å². The van der Waals surface area contributed by atoms with Gasteiger partial charge in [-0.05, 0) is 38.8 Å². The van der Waals surface area contributed by atoms with E-state index in [-0.39, 0.29) is 17.8 Å². The Morgan fingerprint density at radius 1 is 1.29 bits per heavy atom. The number of nitrogens with two attached hydrogens (primary N) is 1. The van der Waals surface area contributed by atoms with Crippen LogP contribution in [0.2, 0.25) is 0 Å². The normalized spacial score (nSPS) is 10.7. The number of anilines is 3. The minimum absolute atomic E-state index is 0.223. The van der Waals surface area contributed by atoms with Crippen LogP contribution in [-0.2, 0) is 0 Å². The standard InChI is InChI=1S/C15H20N4OS/c1-8(2)17-15-19-13(16)12(21-15)14(20)18-11-9(3)6-5-7-10(11)4/h5-8H,16H2,1-4H3,(H,17,19)(H,18,20). The number of aromatic nitrogens is 1. The fraction of sp³-hybridized carbons (Fsp3) is 0.333. The summed E-state index contributed by atoms with van der Waals surface area (Å²) in [5, 5.41) is 6.74.